The molecule has 1 unspecified atom stereocenters. The number of aromatic hydroxyl groups is 1. The van der Waals surface area contributed by atoms with Crippen LogP contribution in [0.4, 0.5) is 8.78 Å². The van der Waals surface area contributed by atoms with Crippen molar-refractivity contribution in [3.63, 3.8) is 0 Å². The first-order valence-corrected chi connectivity index (χ1v) is 11.6. The average Bonchev–Trinajstić information content (AvgIpc) is 3.30. The van der Waals surface area contributed by atoms with Gasteiger partial charge in [-0.1, -0.05) is 47.7 Å². The fraction of sp³-hybridized carbons (Fsp3) is 0.333. The molecular weight excluding hydrogens is 430 g/mol. The van der Waals surface area contributed by atoms with Crippen LogP contribution in [0.25, 0.3) is 4.96 Å². The summed E-state index contributed by atoms with van der Waals surface area (Å²) in [6, 6.07) is 14.1. The van der Waals surface area contributed by atoms with Crippen LogP contribution in [0.5, 0.6) is 5.88 Å². The lowest BCUT2D eigenvalue weighted by atomic mass is 9.88. The van der Waals surface area contributed by atoms with Crippen LogP contribution in [0.15, 0.2) is 48.5 Å². The maximum atomic E-state index is 14.1. The summed E-state index contributed by atoms with van der Waals surface area (Å²) < 4.78 is 29.2. The van der Waals surface area contributed by atoms with Gasteiger partial charge in [-0.3, -0.25) is 4.90 Å². The Kier molecular flexibility index (Phi) is 5.65. The van der Waals surface area contributed by atoms with Crippen LogP contribution >= 0.6 is 11.3 Å². The molecule has 0 saturated carbocycles. The first-order chi connectivity index (χ1) is 15.5. The maximum absolute atomic E-state index is 14.1. The Morgan fingerprint density at radius 3 is 2.53 bits per heavy atom. The molecule has 1 saturated heterocycles. The quantitative estimate of drug-likeness (QED) is 0.454. The number of thiazole rings is 1. The van der Waals surface area contributed by atoms with E-state index in [9.17, 15) is 13.9 Å². The van der Waals surface area contributed by atoms with Crippen molar-refractivity contribution in [2.45, 2.75) is 32.2 Å². The molecule has 32 heavy (non-hydrogen) atoms. The highest BCUT2D eigenvalue weighted by Gasteiger charge is 2.32. The number of benzene rings is 2. The SMILES string of the molecule is Cc1nc2sc(C(c3ccc(F)c(F)c3)N3CCC(Cc4ccccc4)CC3)c(O)n2n1. The number of nitrogens with zero attached hydrogens (tertiary/aromatic N) is 4. The van der Waals surface area contributed by atoms with E-state index < -0.39 is 17.7 Å². The van der Waals surface area contributed by atoms with E-state index in [1.54, 1.807) is 13.0 Å². The molecular formula is C24H24F2N4OS. The Labute approximate surface area is 189 Å². The van der Waals surface area contributed by atoms with Crippen LogP contribution in [-0.4, -0.2) is 37.7 Å². The Morgan fingerprint density at radius 2 is 1.84 bits per heavy atom. The van der Waals surface area contributed by atoms with E-state index in [2.05, 4.69) is 39.2 Å². The molecule has 0 radical (unpaired) electrons. The summed E-state index contributed by atoms with van der Waals surface area (Å²) in [5.74, 6) is -0.619. The third kappa shape index (κ3) is 4.00. The van der Waals surface area contributed by atoms with Crippen LogP contribution in [0, 0.1) is 24.5 Å². The summed E-state index contributed by atoms with van der Waals surface area (Å²) in [6.07, 6.45) is 3.02. The first-order valence-electron chi connectivity index (χ1n) is 10.8. The molecule has 1 N–H and O–H groups in total. The van der Waals surface area contributed by atoms with Crippen LogP contribution < -0.4 is 0 Å². The molecule has 0 bridgehead atoms. The summed E-state index contributed by atoms with van der Waals surface area (Å²) in [4.78, 5) is 7.84. The molecule has 1 atom stereocenters. The predicted molar refractivity (Wildman–Crippen MR) is 120 cm³/mol. The molecule has 0 spiro atoms. The molecule has 2 aromatic carbocycles. The van der Waals surface area contributed by atoms with Crippen molar-refractivity contribution in [2.24, 2.45) is 5.92 Å². The third-order valence-electron chi connectivity index (χ3n) is 6.19. The number of fused-ring (bicyclic) bond motifs is 1. The van der Waals surface area contributed by atoms with Gasteiger partial charge in [-0.25, -0.2) is 13.8 Å². The largest absolute Gasteiger partial charge is 0.492 e. The van der Waals surface area contributed by atoms with Crippen molar-refractivity contribution in [1.29, 1.82) is 0 Å². The molecule has 8 heteroatoms. The Balaban J connectivity index is 1.44. The Hall–Kier alpha value is -2.84. The van der Waals surface area contributed by atoms with Crippen molar-refractivity contribution in [1.82, 2.24) is 19.5 Å². The molecule has 0 amide bonds. The van der Waals surface area contributed by atoms with Crippen LogP contribution in [0.3, 0.4) is 0 Å². The van der Waals surface area contributed by atoms with Gasteiger partial charge < -0.3 is 5.11 Å². The standard InChI is InChI=1S/C24H24F2N4OS/c1-15-27-24-30(28-15)23(31)22(32-24)21(18-7-8-19(25)20(26)14-18)29-11-9-17(10-12-29)13-16-5-3-2-4-6-16/h2-8,14,17,21,31H,9-13H2,1H3. The third-order valence-corrected chi connectivity index (χ3v) is 7.27. The number of hydrogen-bond acceptors (Lipinski definition) is 5. The van der Waals surface area contributed by atoms with Crippen molar-refractivity contribution >= 4 is 16.3 Å². The highest BCUT2D eigenvalue weighted by Crippen LogP contribution is 2.41. The van der Waals surface area contributed by atoms with E-state index >= 15 is 0 Å². The van der Waals surface area contributed by atoms with Gasteiger partial charge in [0.2, 0.25) is 10.8 Å². The number of hydrogen-bond donors (Lipinski definition) is 1. The molecule has 5 nitrogen and oxygen atoms in total. The highest BCUT2D eigenvalue weighted by atomic mass is 32.1. The second-order valence-corrected chi connectivity index (χ2v) is 9.40. The predicted octanol–water partition coefficient (Wildman–Crippen LogP) is 5.13. The highest BCUT2D eigenvalue weighted by molar-refractivity contribution is 7.17. The minimum Gasteiger partial charge on any atom is -0.492 e. The number of halogens is 2. The number of piperidine rings is 1. The summed E-state index contributed by atoms with van der Waals surface area (Å²) in [7, 11) is 0. The molecule has 1 aliphatic rings. The lowest BCUT2D eigenvalue weighted by Crippen LogP contribution is -2.37. The van der Waals surface area contributed by atoms with Gasteiger partial charge in [-0.05, 0) is 68.5 Å². The van der Waals surface area contributed by atoms with Gasteiger partial charge in [0, 0.05) is 0 Å². The Morgan fingerprint density at radius 1 is 1.09 bits per heavy atom. The number of likely N-dealkylation sites (tertiary alicyclic amines) is 1. The van der Waals surface area contributed by atoms with Crippen LogP contribution in [0.2, 0.25) is 0 Å². The number of aromatic nitrogens is 3. The molecule has 1 aliphatic heterocycles. The second-order valence-electron chi connectivity index (χ2n) is 8.39. The molecule has 1 fully saturated rings. The molecule has 3 heterocycles. The van der Waals surface area contributed by atoms with E-state index in [-0.39, 0.29) is 5.88 Å². The minimum absolute atomic E-state index is 0.00624. The minimum atomic E-state index is -0.888. The Bertz CT molecular complexity index is 1230. The first kappa shape index (κ1) is 21.0. The number of rotatable bonds is 5. The molecule has 166 valence electrons. The zero-order valence-corrected chi connectivity index (χ0v) is 18.5. The molecule has 2 aromatic heterocycles. The van der Waals surface area contributed by atoms with Crippen molar-refractivity contribution in [3.8, 4) is 5.88 Å². The van der Waals surface area contributed by atoms with E-state index in [0.29, 0.717) is 27.1 Å². The fourth-order valence-electron chi connectivity index (χ4n) is 4.60. The topological polar surface area (TPSA) is 53.7 Å². The fourth-order valence-corrected chi connectivity index (χ4v) is 5.76. The summed E-state index contributed by atoms with van der Waals surface area (Å²) in [6.45, 7) is 3.36. The van der Waals surface area contributed by atoms with Gasteiger partial charge in [0.1, 0.15) is 5.82 Å². The summed E-state index contributed by atoms with van der Waals surface area (Å²) >= 11 is 1.34. The molecule has 0 aliphatic carbocycles. The zero-order chi connectivity index (χ0) is 22.2. The molecule has 4 aromatic rings. The maximum Gasteiger partial charge on any atom is 0.230 e. The van der Waals surface area contributed by atoms with Gasteiger partial charge in [-0.15, -0.1) is 5.10 Å². The number of aryl methyl sites for hydroxylation is 1. The van der Waals surface area contributed by atoms with Crippen molar-refractivity contribution in [3.05, 3.63) is 82.0 Å². The van der Waals surface area contributed by atoms with Crippen LogP contribution in [-0.2, 0) is 6.42 Å². The van der Waals surface area contributed by atoms with E-state index in [0.717, 1.165) is 38.4 Å². The van der Waals surface area contributed by atoms with Gasteiger partial charge in [-0.2, -0.15) is 4.52 Å². The van der Waals surface area contributed by atoms with Gasteiger partial charge in [0.25, 0.3) is 0 Å². The second kappa shape index (κ2) is 8.60. The smallest absolute Gasteiger partial charge is 0.230 e. The van der Waals surface area contributed by atoms with E-state index in [4.69, 9.17) is 0 Å². The lowest BCUT2D eigenvalue weighted by molar-refractivity contribution is 0.150. The lowest BCUT2D eigenvalue weighted by Gasteiger charge is -2.37. The van der Waals surface area contributed by atoms with Gasteiger partial charge in [0.05, 0.1) is 10.9 Å². The normalized spacial score (nSPS) is 16.6. The van der Waals surface area contributed by atoms with Gasteiger partial charge >= 0.3 is 0 Å². The monoisotopic (exact) mass is 454 g/mol. The van der Waals surface area contributed by atoms with Crippen molar-refractivity contribution < 1.29 is 13.9 Å². The zero-order valence-electron chi connectivity index (χ0n) is 17.7. The van der Waals surface area contributed by atoms with Crippen LogP contribution in [0.1, 0.15) is 40.7 Å². The average molecular weight is 455 g/mol. The van der Waals surface area contributed by atoms with E-state index in [1.165, 1.54) is 27.5 Å². The van der Waals surface area contributed by atoms with Gasteiger partial charge in [0.15, 0.2) is 11.6 Å². The van der Waals surface area contributed by atoms with Crippen molar-refractivity contribution in [2.75, 3.05) is 13.1 Å². The summed E-state index contributed by atoms with van der Waals surface area (Å²) in [5.41, 5.74) is 1.95. The van der Waals surface area contributed by atoms with E-state index in [1.807, 2.05) is 6.07 Å². The summed E-state index contributed by atoms with van der Waals surface area (Å²) in [5, 5.41) is 15.2. The molecule has 5 rings (SSSR count).